The molecule has 0 bridgehead atoms. The fourth-order valence-corrected chi connectivity index (χ4v) is 1.70. The van der Waals surface area contributed by atoms with Crippen molar-refractivity contribution in [2.24, 2.45) is 0 Å². The van der Waals surface area contributed by atoms with Gasteiger partial charge in [0.15, 0.2) is 0 Å². The van der Waals surface area contributed by atoms with E-state index in [0.717, 1.165) is 16.5 Å². The van der Waals surface area contributed by atoms with E-state index >= 15 is 0 Å². The fraction of sp³-hybridized carbons (Fsp3) is 0.214. The molecular formula is C14H14N4O. The summed E-state index contributed by atoms with van der Waals surface area (Å²) in [6.07, 6.45) is 3.29. The van der Waals surface area contributed by atoms with Gasteiger partial charge in [-0.1, -0.05) is 12.1 Å². The number of amides is 1. The van der Waals surface area contributed by atoms with Gasteiger partial charge in [0.05, 0.1) is 11.7 Å². The Morgan fingerprint density at radius 3 is 3.00 bits per heavy atom. The van der Waals surface area contributed by atoms with Crippen LogP contribution in [0.5, 0.6) is 0 Å². The zero-order valence-corrected chi connectivity index (χ0v) is 10.8. The molecule has 1 aromatic heterocycles. The third-order valence-corrected chi connectivity index (χ3v) is 2.56. The molecule has 2 aromatic rings. The number of aromatic amines is 1. The van der Waals surface area contributed by atoms with Crippen molar-refractivity contribution in [3.8, 4) is 6.07 Å². The van der Waals surface area contributed by atoms with Crippen molar-refractivity contribution in [3.63, 3.8) is 0 Å². The number of aromatic nitrogens is 2. The van der Waals surface area contributed by atoms with Crippen LogP contribution < -0.4 is 5.32 Å². The van der Waals surface area contributed by atoms with Crippen molar-refractivity contribution >= 4 is 22.9 Å². The Labute approximate surface area is 110 Å². The molecular weight excluding hydrogens is 240 g/mol. The van der Waals surface area contributed by atoms with E-state index in [0.29, 0.717) is 0 Å². The van der Waals surface area contributed by atoms with Gasteiger partial charge in [0, 0.05) is 11.4 Å². The van der Waals surface area contributed by atoms with Crippen LogP contribution in [0.15, 0.2) is 30.0 Å². The van der Waals surface area contributed by atoms with E-state index in [9.17, 15) is 4.79 Å². The van der Waals surface area contributed by atoms with Crippen LogP contribution in [0.4, 0.5) is 0 Å². The van der Waals surface area contributed by atoms with Crippen molar-refractivity contribution in [2.75, 3.05) is 0 Å². The summed E-state index contributed by atoms with van der Waals surface area (Å²) in [6.45, 7) is 3.70. The molecule has 0 fully saturated rings. The lowest BCUT2D eigenvalue weighted by molar-refractivity contribution is -0.117. The first-order chi connectivity index (χ1) is 9.10. The number of rotatable bonds is 3. The molecule has 1 aromatic carbocycles. The molecule has 0 saturated heterocycles. The molecule has 1 heterocycles. The lowest BCUT2D eigenvalue weighted by atomic mass is 10.1. The Bertz CT molecular complexity index is 676. The van der Waals surface area contributed by atoms with Crippen molar-refractivity contribution in [2.45, 2.75) is 19.9 Å². The lowest BCUT2D eigenvalue weighted by Gasteiger charge is -2.06. The summed E-state index contributed by atoms with van der Waals surface area (Å²) in [5.41, 5.74) is 1.75. The predicted molar refractivity (Wildman–Crippen MR) is 73.0 cm³/mol. The standard InChI is InChI=1S/C14H14N4O/c1-9(2)17-14(19)12(7-15)5-10-3-4-11-8-16-18-13(11)6-10/h3-6,8-9H,1-2H3,(H,16,18)(H,17,19). The molecule has 5 heteroatoms. The van der Waals surface area contributed by atoms with Gasteiger partial charge in [-0.15, -0.1) is 0 Å². The summed E-state index contributed by atoms with van der Waals surface area (Å²) < 4.78 is 0. The van der Waals surface area contributed by atoms with E-state index in [1.807, 2.05) is 38.1 Å². The van der Waals surface area contributed by atoms with E-state index < -0.39 is 0 Å². The Kier molecular flexibility index (Phi) is 3.62. The van der Waals surface area contributed by atoms with Crippen molar-refractivity contribution in [3.05, 3.63) is 35.5 Å². The first-order valence-electron chi connectivity index (χ1n) is 5.96. The monoisotopic (exact) mass is 254 g/mol. The zero-order chi connectivity index (χ0) is 13.8. The highest BCUT2D eigenvalue weighted by Crippen LogP contribution is 2.15. The third-order valence-electron chi connectivity index (χ3n) is 2.56. The number of nitriles is 1. The third kappa shape index (κ3) is 2.99. The maximum absolute atomic E-state index is 11.8. The van der Waals surface area contributed by atoms with Gasteiger partial charge in [-0.2, -0.15) is 10.4 Å². The Hall–Kier alpha value is -2.61. The number of benzene rings is 1. The van der Waals surface area contributed by atoms with Crippen LogP contribution >= 0.6 is 0 Å². The van der Waals surface area contributed by atoms with Gasteiger partial charge in [0.25, 0.3) is 5.91 Å². The summed E-state index contributed by atoms with van der Waals surface area (Å²) in [7, 11) is 0. The molecule has 2 rings (SSSR count). The Morgan fingerprint density at radius 1 is 1.53 bits per heavy atom. The SMILES string of the molecule is CC(C)NC(=O)C(C#N)=Cc1ccc2cn[nH]c2c1. The predicted octanol–water partition coefficient (Wildman–Crippen LogP) is 1.99. The topological polar surface area (TPSA) is 81.6 Å². The minimum absolute atomic E-state index is 0.000614. The summed E-state index contributed by atoms with van der Waals surface area (Å²) in [5.74, 6) is -0.359. The Balaban J connectivity index is 2.31. The van der Waals surface area contributed by atoms with Crippen molar-refractivity contribution in [1.82, 2.24) is 15.5 Å². The van der Waals surface area contributed by atoms with Crippen molar-refractivity contribution < 1.29 is 4.79 Å². The molecule has 0 aliphatic carbocycles. The maximum Gasteiger partial charge on any atom is 0.262 e. The minimum atomic E-state index is -0.359. The molecule has 0 aliphatic heterocycles. The van der Waals surface area contributed by atoms with Crippen LogP contribution in [0.2, 0.25) is 0 Å². The number of nitrogens with zero attached hydrogens (tertiary/aromatic N) is 2. The van der Waals surface area contributed by atoms with Crippen molar-refractivity contribution in [1.29, 1.82) is 5.26 Å². The van der Waals surface area contributed by atoms with E-state index in [-0.39, 0.29) is 17.5 Å². The van der Waals surface area contributed by atoms with Gasteiger partial charge in [-0.25, -0.2) is 0 Å². The normalized spacial score (nSPS) is 11.6. The quantitative estimate of drug-likeness (QED) is 0.649. The second-order valence-corrected chi connectivity index (χ2v) is 4.51. The molecule has 0 aliphatic rings. The molecule has 1 amide bonds. The lowest BCUT2D eigenvalue weighted by Crippen LogP contribution is -2.30. The second kappa shape index (κ2) is 5.36. The minimum Gasteiger partial charge on any atom is -0.349 e. The fourth-order valence-electron chi connectivity index (χ4n) is 1.70. The highest BCUT2D eigenvalue weighted by Gasteiger charge is 2.10. The zero-order valence-electron chi connectivity index (χ0n) is 10.8. The van der Waals surface area contributed by atoms with Crippen LogP contribution in [0.25, 0.3) is 17.0 Å². The van der Waals surface area contributed by atoms with Crippen LogP contribution in [0.3, 0.4) is 0 Å². The number of H-pyrrole nitrogens is 1. The number of nitrogens with one attached hydrogen (secondary N) is 2. The highest BCUT2D eigenvalue weighted by molar-refractivity contribution is 6.02. The van der Waals surface area contributed by atoms with Crippen LogP contribution in [0, 0.1) is 11.3 Å². The van der Waals surface area contributed by atoms with Crippen LogP contribution in [-0.4, -0.2) is 22.1 Å². The second-order valence-electron chi connectivity index (χ2n) is 4.51. The van der Waals surface area contributed by atoms with Gasteiger partial charge in [-0.3, -0.25) is 9.89 Å². The molecule has 19 heavy (non-hydrogen) atoms. The van der Waals surface area contributed by atoms with Gasteiger partial charge in [-0.05, 0) is 31.6 Å². The maximum atomic E-state index is 11.8. The van der Waals surface area contributed by atoms with E-state index in [4.69, 9.17) is 5.26 Å². The van der Waals surface area contributed by atoms with E-state index in [2.05, 4.69) is 15.5 Å². The Morgan fingerprint density at radius 2 is 2.32 bits per heavy atom. The molecule has 5 nitrogen and oxygen atoms in total. The van der Waals surface area contributed by atoms with Gasteiger partial charge in [0.1, 0.15) is 11.6 Å². The number of fused-ring (bicyclic) bond motifs is 1. The average molecular weight is 254 g/mol. The molecule has 96 valence electrons. The molecule has 0 spiro atoms. The number of hydrogen-bond acceptors (Lipinski definition) is 3. The molecule has 0 saturated carbocycles. The van der Waals surface area contributed by atoms with E-state index in [1.54, 1.807) is 12.3 Å². The first kappa shape index (κ1) is 12.8. The molecule has 0 radical (unpaired) electrons. The summed E-state index contributed by atoms with van der Waals surface area (Å²) >= 11 is 0. The largest absolute Gasteiger partial charge is 0.349 e. The molecule has 2 N–H and O–H groups in total. The number of carbonyl (C=O) groups is 1. The smallest absolute Gasteiger partial charge is 0.262 e. The first-order valence-corrected chi connectivity index (χ1v) is 5.96. The number of hydrogen-bond donors (Lipinski definition) is 2. The molecule has 0 unspecified atom stereocenters. The summed E-state index contributed by atoms with van der Waals surface area (Å²) in [4.78, 5) is 11.8. The summed E-state index contributed by atoms with van der Waals surface area (Å²) in [6, 6.07) is 7.50. The molecule has 0 atom stereocenters. The van der Waals surface area contributed by atoms with E-state index in [1.165, 1.54) is 0 Å². The highest BCUT2D eigenvalue weighted by atomic mass is 16.1. The number of carbonyl (C=O) groups excluding carboxylic acids is 1. The van der Waals surface area contributed by atoms with Crippen LogP contribution in [0.1, 0.15) is 19.4 Å². The van der Waals surface area contributed by atoms with Gasteiger partial charge < -0.3 is 5.32 Å². The van der Waals surface area contributed by atoms with Gasteiger partial charge in [0.2, 0.25) is 0 Å². The van der Waals surface area contributed by atoms with Crippen LogP contribution in [-0.2, 0) is 4.79 Å². The summed E-state index contributed by atoms with van der Waals surface area (Å²) in [5, 5.41) is 19.5. The van der Waals surface area contributed by atoms with Gasteiger partial charge >= 0.3 is 0 Å². The average Bonchev–Trinajstić information content (AvgIpc) is 2.82.